The summed E-state index contributed by atoms with van der Waals surface area (Å²) in [6.45, 7) is 4.69. The topological polar surface area (TPSA) is 69.6 Å². The zero-order valence-corrected chi connectivity index (χ0v) is 12.6. The molecule has 0 aromatic heterocycles. The number of carbonyl (C=O) groups is 2. The Morgan fingerprint density at radius 1 is 1.29 bits per heavy atom. The number of likely N-dealkylation sites (tertiary alicyclic amines) is 1. The number of hydrogen-bond donors (Lipinski definition) is 2. The summed E-state index contributed by atoms with van der Waals surface area (Å²) in [5.74, 6) is -0.991. The minimum Gasteiger partial charge on any atom is -0.480 e. The Hall–Kier alpha value is -1.88. The van der Waals surface area contributed by atoms with Crippen LogP contribution < -0.4 is 5.32 Å². The number of piperidine rings is 1. The smallest absolute Gasteiger partial charge is 0.320 e. The van der Waals surface area contributed by atoms with Crippen LogP contribution in [0.25, 0.3) is 0 Å². The number of aliphatic carboxylic acids is 1. The molecule has 5 heteroatoms. The minimum absolute atomic E-state index is 0.130. The van der Waals surface area contributed by atoms with E-state index in [0.717, 1.165) is 29.7 Å². The number of hydrogen-bond acceptors (Lipinski definition) is 3. The van der Waals surface area contributed by atoms with Gasteiger partial charge < -0.3 is 10.4 Å². The molecule has 1 aliphatic heterocycles. The Balaban J connectivity index is 2.02. The lowest BCUT2D eigenvalue weighted by molar-refractivity contribution is -0.145. The van der Waals surface area contributed by atoms with Crippen molar-refractivity contribution in [2.45, 2.75) is 39.2 Å². The number of anilines is 1. The normalized spacial score (nSPS) is 19.2. The molecule has 21 heavy (non-hydrogen) atoms. The molecule has 1 amide bonds. The van der Waals surface area contributed by atoms with Crippen LogP contribution in [0.5, 0.6) is 0 Å². The fourth-order valence-electron chi connectivity index (χ4n) is 2.83. The summed E-state index contributed by atoms with van der Waals surface area (Å²) in [7, 11) is 0. The van der Waals surface area contributed by atoms with E-state index in [-0.39, 0.29) is 12.5 Å². The second-order valence-corrected chi connectivity index (χ2v) is 5.64. The summed E-state index contributed by atoms with van der Waals surface area (Å²) >= 11 is 0. The molecule has 0 radical (unpaired) electrons. The number of carboxylic acids is 1. The van der Waals surface area contributed by atoms with Crippen LogP contribution in [0.1, 0.15) is 30.4 Å². The third-order valence-electron chi connectivity index (χ3n) is 3.99. The molecule has 5 nitrogen and oxygen atoms in total. The quantitative estimate of drug-likeness (QED) is 0.891. The molecule has 1 unspecified atom stereocenters. The Kier molecular flexibility index (Phi) is 4.96. The maximum absolute atomic E-state index is 12.2. The van der Waals surface area contributed by atoms with Crippen LogP contribution in [0.2, 0.25) is 0 Å². The molecular weight excluding hydrogens is 268 g/mol. The predicted octanol–water partition coefficient (Wildman–Crippen LogP) is 2.18. The molecule has 1 fully saturated rings. The number of nitrogens with zero attached hydrogens (tertiary/aromatic N) is 1. The van der Waals surface area contributed by atoms with E-state index in [2.05, 4.69) is 5.32 Å². The Labute approximate surface area is 125 Å². The lowest BCUT2D eigenvalue weighted by Crippen LogP contribution is -2.47. The first-order valence-electron chi connectivity index (χ1n) is 7.32. The van der Waals surface area contributed by atoms with E-state index in [1.807, 2.05) is 32.0 Å². The lowest BCUT2D eigenvalue weighted by Gasteiger charge is -2.32. The van der Waals surface area contributed by atoms with Crippen LogP contribution in [0, 0.1) is 13.8 Å². The first-order valence-corrected chi connectivity index (χ1v) is 7.32. The van der Waals surface area contributed by atoms with Crippen molar-refractivity contribution in [3.05, 3.63) is 29.3 Å². The predicted molar refractivity (Wildman–Crippen MR) is 81.4 cm³/mol. The molecule has 1 aromatic rings. The van der Waals surface area contributed by atoms with Gasteiger partial charge in [0.1, 0.15) is 6.04 Å². The summed E-state index contributed by atoms with van der Waals surface area (Å²) < 4.78 is 0. The average Bonchev–Trinajstić information content (AvgIpc) is 2.43. The van der Waals surface area contributed by atoms with Crippen LogP contribution in [0.4, 0.5) is 5.69 Å². The van der Waals surface area contributed by atoms with Crippen LogP contribution in [0.15, 0.2) is 18.2 Å². The highest BCUT2D eigenvalue weighted by molar-refractivity contribution is 5.94. The fourth-order valence-corrected chi connectivity index (χ4v) is 2.83. The monoisotopic (exact) mass is 290 g/mol. The molecule has 0 spiro atoms. The summed E-state index contributed by atoms with van der Waals surface area (Å²) in [6.07, 6.45) is 2.47. The number of carboxylic acid groups (broad SMARTS) is 1. The molecule has 1 aliphatic rings. The largest absolute Gasteiger partial charge is 0.480 e. The summed E-state index contributed by atoms with van der Waals surface area (Å²) in [6, 6.07) is 5.31. The number of nitrogens with one attached hydrogen (secondary N) is 1. The number of rotatable bonds is 4. The first-order chi connectivity index (χ1) is 9.99. The zero-order chi connectivity index (χ0) is 15.4. The summed E-state index contributed by atoms with van der Waals surface area (Å²) in [5.41, 5.74) is 2.85. The molecule has 1 saturated heterocycles. The van der Waals surface area contributed by atoms with E-state index in [4.69, 9.17) is 0 Å². The first kappa shape index (κ1) is 15.5. The average molecular weight is 290 g/mol. The van der Waals surface area contributed by atoms with Gasteiger partial charge in [0.05, 0.1) is 6.54 Å². The van der Waals surface area contributed by atoms with Crippen molar-refractivity contribution in [3.8, 4) is 0 Å². The van der Waals surface area contributed by atoms with E-state index < -0.39 is 12.0 Å². The van der Waals surface area contributed by atoms with E-state index in [0.29, 0.717) is 13.0 Å². The fraction of sp³-hybridized carbons (Fsp3) is 0.500. The van der Waals surface area contributed by atoms with Crippen molar-refractivity contribution in [1.29, 1.82) is 0 Å². The van der Waals surface area contributed by atoms with Gasteiger partial charge in [-0.05, 0) is 44.4 Å². The maximum atomic E-state index is 12.2. The summed E-state index contributed by atoms with van der Waals surface area (Å²) in [4.78, 5) is 25.2. The third kappa shape index (κ3) is 3.82. The van der Waals surface area contributed by atoms with Crippen molar-refractivity contribution in [1.82, 2.24) is 4.90 Å². The van der Waals surface area contributed by atoms with Crippen molar-refractivity contribution in [2.24, 2.45) is 0 Å². The number of carbonyl (C=O) groups excluding carboxylic acids is 1. The molecule has 1 heterocycles. The van der Waals surface area contributed by atoms with E-state index >= 15 is 0 Å². The van der Waals surface area contributed by atoms with Gasteiger partial charge in [0, 0.05) is 5.69 Å². The zero-order valence-electron chi connectivity index (χ0n) is 12.6. The van der Waals surface area contributed by atoms with E-state index in [1.54, 1.807) is 4.90 Å². The van der Waals surface area contributed by atoms with Gasteiger partial charge in [-0.15, -0.1) is 0 Å². The van der Waals surface area contributed by atoms with Gasteiger partial charge in [0.25, 0.3) is 0 Å². The van der Waals surface area contributed by atoms with Gasteiger partial charge in [0.2, 0.25) is 5.91 Å². The van der Waals surface area contributed by atoms with Crippen molar-refractivity contribution in [2.75, 3.05) is 18.4 Å². The number of benzene rings is 1. The molecule has 0 aliphatic carbocycles. The molecule has 114 valence electrons. The van der Waals surface area contributed by atoms with Gasteiger partial charge in [-0.3, -0.25) is 14.5 Å². The standard InChI is InChI=1S/C16H22N2O3/c1-11-6-5-7-12(2)15(11)17-14(19)10-18-9-4-3-8-13(18)16(20)21/h5-7,13H,3-4,8-10H2,1-2H3,(H,17,19)(H,20,21). The SMILES string of the molecule is Cc1cccc(C)c1NC(=O)CN1CCCCC1C(=O)O. The molecule has 2 N–H and O–H groups in total. The maximum Gasteiger partial charge on any atom is 0.320 e. The number of aryl methyl sites for hydroxylation is 2. The summed E-state index contributed by atoms with van der Waals surface area (Å²) in [5, 5.41) is 12.1. The van der Waals surface area contributed by atoms with E-state index in [1.165, 1.54) is 0 Å². The van der Waals surface area contributed by atoms with Gasteiger partial charge in [-0.2, -0.15) is 0 Å². The number of amides is 1. The lowest BCUT2D eigenvalue weighted by atomic mass is 10.0. The van der Waals surface area contributed by atoms with Crippen molar-refractivity contribution >= 4 is 17.6 Å². The Bertz CT molecular complexity index is 522. The van der Waals surface area contributed by atoms with E-state index in [9.17, 15) is 14.7 Å². The minimum atomic E-state index is -0.838. The Morgan fingerprint density at radius 3 is 2.57 bits per heavy atom. The molecule has 1 aromatic carbocycles. The van der Waals surface area contributed by atoms with Gasteiger partial charge in [0.15, 0.2) is 0 Å². The van der Waals surface area contributed by atoms with Crippen molar-refractivity contribution in [3.63, 3.8) is 0 Å². The van der Waals surface area contributed by atoms with Gasteiger partial charge in [-0.1, -0.05) is 24.6 Å². The van der Waals surface area contributed by atoms with Gasteiger partial charge in [-0.25, -0.2) is 0 Å². The van der Waals surface area contributed by atoms with Crippen LogP contribution in [0.3, 0.4) is 0 Å². The Morgan fingerprint density at radius 2 is 1.95 bits per heavy atom. The second kappa shape index (κ2) is 6.72. The highest BCUT2D eigenvalue weighted by Crippen LogP contribution is 2.20. The second-order valence-electron chi connectivity index (χ2n) is 5.64. The van der Waals surface area contributed by atoms with Gasteiger partial charge >= 0.3 is 5.97 Å². The molecule has 0 bridgehead atoms. The molecule has 0 saturated carbocycles. The van der Waals surface area contributed by atoms with Crippen LogP contribution >= 0.6 is 0 Å². The molecular formula is C16H22N2O3. The van der Waals surface area contributed by atoms with Crippen LogP contribution in [-0.4, -0.2) is 41.0 Å². The number of para-hydroxylation sites is 1. The van der Waals surface area contributed by atoms with Crippen molar-refractivity contribution < 1.29 is 14.7 Å². The highest BCUT2D eigenvalue weighted by atomic mass is 16.4. The van der Waals surface area contributed by atoms with Crippen LogP contribution in [-0.2, 0) is 9.59 Å². The highest BCUT2D eigenvalue weighted by Gasteiger charge is 2.29. The molecule has 2 rings (SSSR count). The molecule has 1 atom stereocenters. The third-order valence-corrected chi connectivity index (χ3v) is 3.99.